The first-order chi connectivity index (χ1) is 9.60. The monoisotopic (exact) mass is 278 g/mol. The highest BCUT2D eigenvalue weighted by Gasteiger charge is 2.41. The van der Waals surface area contributed by atoms with Crippen molar-refractivity contribution in [2.45, 2.75) is 44.8 Å². The fraction of sp³-hybridized carbons (Fsp3) is 0.615. The van der Waals surface area contributed by atoms with Gasteiger partial charge in [0.15, 0.2) is 0 Å². The molecule has 7 nitrogen and oxygen atoms in total. The summed E-state index contributed by atoms with van der Waals surface area (Å²) in [6.07, 6.45) is 3.82. The van der Waals surface area contributed by atoms with E-state index in [1.54, 1.807) is 6.33 Å². The highest BCUT2D eigenvalue weighted by atomic mass is 16.4. The molecule has 2 aliphatic rings. The number of carboxylic acid groups (broad SMARTS) is 1. The molecule has 1 aliphatic heterocycles. The number of carbonyl (C=O) groups excluding carboxylic acids is 1. The summed E-state index contributed by atoms with van der Waals surface area (Å²) in [5.41, 5.74) is 1.56. The zero-order valence-electron chi connectivity index (χ0n) is 11.3. The number of imidazole rings is 1. The molecule has 1 aliphatic carbocycles. The summed E-state index contributed by atoms with van der Waals surface area (Å²) in [6, 6.07) is -0.937. The molecule has 108 valence electrons. The van der Waals surface area contributed by atoms with Gasteiger partial charge in [-0.05, 0) is 12.3 Å². The molecule has 3 N–H and O–H groups in total. The Morgan fingerprint density at radius 1 is 1.60 bits per heavy atom. The first kappa shape index (κ1) is 13.0. The van der Waals surface area contributed by atoms with E-state index in [1.165, 1.54) is 4.90 Å². The average Bonchev–Trinajstić information content (AvgIpc) is 3.01. The van der Waals surface area contributed by atoms with E-state index in [1.807, 2.05) is 0 Å². The fourth-order valence-electron chi connectivity index (χ4n) is 2.79. The van der Waals surface area contributed by atoms with Crippen molar-refractivity contribution in [1.82, 2.24) is 20.2 Å². The first-order valence-corrected chi connectivity index (χ1v) is 6.91. The number of hydrogen-bond acceptors (Lipinski definition) is 3. The van der Waals surface area contributed by atoms with E-state index in [-0.39, 0.29) is 25.0 Å². The summed E-state index contributed by atoms with van der Waals surface area (Å²) in [5, 5.41) is 12.2. The molecule has 2 heterocycles. The van der Waals surface area contributed by atoms with E-state index < -0.39 is 12.0 Å². The number of amides is 2. The molecule has 2 amide bonds. The molecule has 1 fully saturated rings. The van der Waals surface area contributed by atoms with Crippen LogP contribution < -0.4 is 5.32 Å². The topological polar surface area (TPSA) is 98.3 Å². The lowest BCUT2D eigenvalue weighted by molar-refractivity contribution is -0.142. The van der Waals surface area contributed by atoms with Crippen molar-refractivity contribution < 1.29 is 14.7 Å². The Hall–Kier alpha value is -2.05. The Morgan fingerprint density at radius 2 is 2.40 bits per heavy atom. The van der Waals surface area contributed by atoms with Crippen LogP contribution >= 0.6 is 0 Å². The number of H-pyrrole nitrogens is 1. The Balaban J connectivity index is 1.73. The minimum Gasteiger partial charge on any atom is -0.480 e. The lowest BCUT2D eigenvalue weighted by atomic mass is 10.0. The molecule has 3 rings (SSSR count). The second kappa shape index (κ2) is 4.81. The second-order valence-corrected chi connectivity index (χ2v) is 5.47. The number of aromatic amines is 1. The van der Waals surface area contributed by atoms with E-state index >= 15 is 0 Å². The van der Waals surface area contributed by atoms with E-state index in [0.717, 1.165) is 24.2 Å². The van der Waals surface area contributed by atoms with Gasteiger partial charge in [-0.1, -0.05) is 13.3 Å². The van der Waals surface area contributed by atoms with Crippen molar-refractivity contribution in [3.63, 3.8) is 0 Å². The summed E-state index contributed by atoms with van der Waals surface area (Å²) < 4.78 is 0. The maximum absolute atomic E-state index is 12.3. The summed E-state index contributed by atoms with van der Waals surface area (Å²) in [6.45, 7) is 2.36. The lowest BCUT2D eigenvalue weighted by Gasteiger charge is -2.32. The van der Waals surface area contributed by atoms with Crippen LogP contribution in [0.4, 0.5) is 4.79 Å². The summed E-state index contributed by atoms with van der Waals surface area (Å²) in [7, 11) is 0. The van der Waals surface area contributed by atoms with Crippen molar-refractivity contribution >= 4 is 12.0 Å². The molecule has 7 heteroatoms. The quantitative estimate of drug-likeness (QED) is 0.759. The summed E-state index contributed by atoms with van der Waals surface area (Å²) in [4.78, 5) is 32.1. The number of aromatic nitrogens is 2. The number of urea groups is 1. The second-order valence-electron chi connectivity index (χ2n) is 5.47. The van der Waals surface area contributed by atoms with Gasteiger partial charge < -0.3 is 20.3 Å². The Morgan fingerprint density at radius 3 is 3.05 bits per heavy atom. The lowest BCUT2D eigenvalue weighted by Crippen LogP contribution is -2.52. The van der Waals surface area contributed by atoms with Crippen LogP contribution in [-0.2, 0) is 17.8 Å². The predicted octanol–water partition coefficient (Wildman–Crippen LogP) is 0.729. The van der Waals surface area contributed by atoms with Gasteiger partial charge >= 0.3 is 12.0 Å². The van der Waals surface area contributed by atoms with Crippen LogP contribution in [-0.4, -0.2) is 44.1 Å². The van der Waals surface area contributed by atoms with Crippen LogP contribution in [0.3, 0.4) is 0 Å². The van der Waals surface area contributed by atoms with Gasteiger partial charge in [0, 0.05) is 12.5 Å². The highest BCUT2D eigenvalue weighted by molar-refractivity contribution is 5.83. The molecule has 1 saturated carbocycles. The van der Waals surface area contributed by atoms with Crippen LogP contribution in [0.15, 0.2) is 6.33 Å². The number of hydrogen-bond donors (Lipinski definition) is 3. The molecule has 1 aromatic heterocycles. The molecule has 0 bridgehead atoms. The predicted molar refractivity (Wildman–Crippen MR) is 70.0 cm³/mol. The molecule has 3 atom stereocenters. The molecular formula is C13H18N4O3. The average molecular weight is 278 g/mol. The van der Waals surface area contributed by atoms with Gasteiger partial charge in [0.05, 0.1) is 24.3 Å². The Labute approximate surface area is 116 Å². The molecule has 0 aromatic carbocycles. The number of aliphatic carboxylic acids is 1. The smallest absolute Gasteiger partial charge is 0.326 e. The number of rotatable bonds is 3. The van der Waals surface area contributed by atoms with E-state index in [9.17, 15) is 14.7 Å². The van der Waals surface area contributed by atoms with Crippen molar-refractivity contribution in [3.05, 3.63) is 17.7 Å². The van der Waals surface area contributed by atoms with Gasteiger partial charge in [-0.25, -0.2) is 14.6 Å². The largest absolute Gasteiger partial charge is 0.480 e. The third-order valence-corrected chi connectivity index (χ3v) is 4.20. The molecule has 20 heavy (non-hydrogen) atoms. The van der Waals surface area contributed by atoms with Crippen molar-refractivity contribution in [1.29, 1.82) is 0 Å². The number of carboxylic acids is 1. The maximum atomic E-state index is 12.3. The number of fused-ring (bicyclic) bond motifs is 1. The molecular weight excluding hydrogens is 260 g/mol. The van der Waals surface area contributed by atoms with Crippen LogP contribution in [0.2, 0.25) is 0 Å². The van der Waals surface area contributed by atoms with Crippen LogP contribution in [0.1, 0.15) is 31.2 Å². The maximum Gasteiger partial charge on any atom is 0.326 e. The zero-order chi connectivity index (χ0) is 14.3. The highest BCUT2D eigenvalue weighted by Crippen LogP contribution is 2.33. The number of nitrogens with zero attached hydrogens (tertiary/aromatic N) is 2. The SMILES string of the molecule is CCC1CC1NC(=O)N1Cc2[nH]cnc2CC1C(=O)O. The molecule has 3 unspecified atom stereocenters. The van der Waals surface area contributed by atoms with Gasteiger partial charge in [-0.15, -0.1) is 0 Å². The standard InChI is InChI=1S/C13H18N4O3/c1-2-7-3-8(7)16-13(20)17-5-10-9(14-6-15-10)4-11(17)12(18)19/h6-8,11H,2-5H2,1H3,(H,14,15)(H,16,20)(H,18,19). The minimum absolute atomic E-state index is 0.199. The third kappa shape index (κ3) is 2.23. The van der Waals surface area contributed by atoms with Gasteiger partial charge in [0.25, 0.3) is 0 Å². The third-order valence-electron chi connectivity index (χ3n) is 4.20. The molecule has 0 spiro atoms. The normalized spacial score (nSPS) is 27.9. The Bertz CT molecular complexity index is 541. The van der Waals surface area contributed by atoms with Gasteiger partial charge in [0.2, 0.25) is 0 Å². The van der Waals surface area contributed by atoms with Crippen LogP contribution in [0, 0.1) is 5.92 Å². The van der Waals surface area contributed by atoms with Crippen LogP contribution in [0.25, 0.3) is 0 Å². The molecule has 0 saturated heterocycles. The number of nitrogens with one attached hydrogen (secondary N) is 2. The minimum atomic E-state index is -0.989. The fourth-order valence-corrected chi connectivity index (χ4v) is 2.79. The van der Waals surface area contributed by atoms with Crippen LogP contribution in [0.5, 0.6) is 0 Å². The van der Waals surface area contributed by atoms with Gasteiger partial charge in [-0.2, -0.15) is 0 Å². The Kier molecular flexibility index (Phi) is 3.11. The van der Waals surface area contributed by atoms with Crippen molar-refractivity contribution in [3.8, 4) is 0 Å². The van der Waals surface area contributed by atoms with Gasteiger partial charge in [0.1, 0.15) is 6.04 Å². The van der Waals surface area contributed by atoms with Crippen molar-refractivity contribution in [2.75, 3.05) is 0 Å². The van der Waals surface area contributed by atoms with E-state index in [0.29, 0.717) is 5.92 Å². The summed E-state index contributed by atoms with van der Waals surface area (Å²) in [5.74, 6) is -0.452. The van der Waals surface area contributed by atoms with Gasteiger partial charge in [-0.3, -0.25) is 0 Å². The molecule has 1 aromatic rings. The van der Waals surface area contributed by atoms with Crippen molar-refractivity contribution in [2.24, 2.45) is 5.92 Å². The zero-order valence-corrected chi connectivity index (χ0v) is 11.3. The van der Waals surface area contributed by atoms with E-state index in [4.69, 9.17) is 0 Å². The summed E-state index contributed by atoms with van der Waals surface area (Å²) >= 11 is 0. The van der Waals surface area contributed by atoms with E-state index in [2.05, 4.69) is 22.2 Å². The first-order valence-electron chi connectivity index (χ1n) is 6.91. The number of carbonyl (C=O) groups is 2. The molecule has 0 radical (unpaired) electrons.